The lowest BCUT2D eigenvalue weighted by atomic mass is 10.1. The van der Waals surface area contributed by atoms with Gasteiger partial charge in [-0.15, -0.1) is 0 Å². The molecular weight excluding hydrogens is 306 g/mol. The van der Waals surface area contributed by atoms with Crippen LogP contribution < -0.4 is 10.6 Å². The second-order valence-electron chi connectivity index (χ2n) is 5.51. The molecule has 0 saturated carbocycles. The van der Waals surface area contributed by atoms with Crippen LogP contribution in [0, 0.1) is 6.92 Å². The number of aromatic nitrogens is 3. The quantitative estimate of drug-likeness (QED) is 0.574. The number of para-hydroxylation sites is 1. The number of carbonyl (C=O) groups excluding carboxylic acids is 1. The van der Waals surface area contributed by atoms with Gasteiger partial charge in [-0.05, 0) is 36.2 Å². The van der Waals surface area contributed by atoms with E-state index in [9.17, 15) is 9.90 Å². The van der Waals surface area contributed by atoms with Crippen LogP contribution in [-0.2, 0) is 6.54 Å². The Morgan fingerprint density at radius 1 is 1.25 bits per heavy atom. The van der Waals surface area contributed by atoms with Crippen LogP contribution >= 0.6 is 0 Å². The Hall–Kier alpha value is -2.93. The van der Waals surface area contributed by atoms with Crippen LogP contribution in [0.15, 0.2) is 42.7 Å². The van der Waals surface area contributed by atoms with E-state index in [4.69, 9.17) is 0 Å². The standard InChI is InChI=1S/C17H19N5O2/c1-11-3-2-4-13-16(11)22-15(21-13)10-20-17(24)19-9-14(23)12-5-7-18-8-6-12/h2-8,14,23H,9-10H2,1H3,(H,21,22)(H2,19,20,24). The molecule has 24 heavy (non-hydrogen) atoms. The molecule has 3 aromatic rings. The van der Waals surface area contributed by atoms with Gasteiger partial charge >= 0.3 is 6.03 Å². The molecular formula is C17H19N5O2. The zero-order valence-electron chi connectivity index (χ0n) is 13.3. The van der Waals surface area contributed by atoms with Gasteiger partial charge in [0.2, 0.25) is 0 Å². The number of benzene rings is 1. The van der Waals surface area contributed by atoms with E-state index in [1.807, 2.05) is 25.1 Å². The molecule has 0 aliphatic carbocycles. The van der Waals surface area contributed by atoms with Gasteiger partial charge in [0.25, 0.3) is 0 Å². The zero-order valence-corrected chi connectivity index (χ0v) is 13.3. The number of aromatic amines is 1. The first kappa shape index (κ1) is 15.9. The molecule has 0 bridgehead atoms. The summed E-state index contributed by atoms with van der Waals surface area (Å²) in [6, 6.07) is 8.96. The van der Waals surface area contributed by atoms with Crippen LogP contribution in [0.2, 0.25) is 0 Å². The number of amides is 2. The first-order chi connectivity index (χ1) is 11.6. The number of imidazole rings is 1. The van der Waals surface area contributed by atoms with Gasteiger partial charge in [-0.25, -0.2) is 9.78 Å². The molecule has 2 aromatic heterocycles. The second kappa shape index (κ2) is 7.10. The number of aryl methyl sites for hydroxylation is 1. The van der Waals surface area contributed by atoms with E-state index in [1.54, 1.807) is 24.5 Å². The summed E-state index contributed by atoms with van der Waals surface area (Å²) in [6.45, 7) is 2.40. The Labute approximate surface area is 139 Å². The lowest BCUT2D eigenvalue weighted by molar-refractivity contribution is 0.173. The largest absolute Gasteiger partial charge is 0.387 e. The Morgan fingerprint density at radius 3 is 2.79 bits per heavy atom. The summed E-state index contributed by atoms with van der Waals surface area (Å²) < 4.78 is 0. The third-order valence-corrected chi connectivity index (χ3v) is 3.73. The molecule has 124 valence electrons. The minimum absolute atomic E-state index is 0.120. The van der Waals surface area contributed by atoms with E-state index < -0.39 is 6.10 Å². The van der Waals surface area contributed by atoms with Gasteiger partial charge in [0.1, 0.15) is 5.82 Å². The maximum atomic E-state index is 11.8. The van der Waals surface area contributed by atoms with Crippen LogP contribution in [0.25, 0.3) is 11.0 Å². The minimum Gasteiger partial charge on any atom is -0.387 e. The molecule has 7 heteroatoms. The van der Waals surface area contributed by atoms with Crippen molar-refractivity contribution in [3.05, 3.63) is 59.7 Å². The normalized spacial score (nSPS) is 12.1. The molecule has 0 saturated heterocycles. The average molecular weight is 325 g/mol. The number of pyridine rings is 1. The monoisotopic (exact) mass is 325 g/mol. The highest BCUT2D eigenvalue weighted by molar-refractivity contribution is 5.78. The molecule has 1 atom stereocenters. The zero-order chi connectivity index (χ0) is 16.9. The lowest BCUT2D eigenvalue weighted by Crippen LogP contribution is -2.37. The SMILES string of the molecule is Cc1cccc2[nH]c(CNC(=O)NCC(O)c3ccncc3)nc12. The van der Waals surface area contributed by atoms with Crippen LogP contribution in [0.3, 0.4) is 0 Å². The summed E-state index contributed by atoms with van der Waals surface area (Å²) in [5, 5.41) is 15.3. The number of aliphatic hydroxyl groups excluding tert-OH is 1. The van der Waals surface area contributed by atoms with Gasteiger partial charge in [-0.3, -0.25) is 4.98 Å². The summed E-state index contributed by atoms with van der Waals surface area (Å²) in [4.78, 5) is 23.4. The molecule has 2 amide bonds. The smallest absolute Gasteiger partial charge is 0.315 e. The van der Waals surface area contributed by atoms with Gasteiger partial charge in [-0.2, -0.15) is 0 Å². The van der Waals surface area contributed by atoms with Crippen LogP contribution in [0.4, 0.5) is 4.79 Å². The van der Waals surface area contributed by atoms with E-state index in [2.05, 4.69) is 25.6 Å². The van der Waals surface area contributed by atoms with Gasteiger partial charge in [0.05, 0.1) is 23.7 Å². The van der Waals surface area contributed by atoms with E-state index in [1.165, 1.54) is 0 Å². The van der Waals surface area contributed by atoms with Crippen LogP contribution in [-0.4, -0.2) is 32.6 Å². The van der Waals surface area contributed by atoms with Crippen molar-refractivity contribution in [2.45, 2.75) is 19.6 Å². The number of fused-ring (bicyclic) bond motifs is 1. The summed E-state index contributed by atoms with van der Waals surface area (Å²) in [6.07, 6.45) is 2.43. The molecule has 1 aromatic carbocycles. The number of urea groups is 1. The Balaban J connectivity index is 1.51. The van der Waals surface area contributed by atoms with Crippen molar-refractivity contribution in [3.8, 4) is 0 Å². The fourth-order valence-corrected chi connectivity index (χ4v) is 2.43. The third kappa shape index (κ3) is 3.69. The number of hydrogen-bond donors (Lipinski definition) is 4. The number of H-pyrrole nitrogens is 1. The average Bonchev–Trinajstić information content (AvgIpc) is 3.03. The molecule has 7 nitrogen and oxygen atoms in total. The predicted molar refractivity (Wildman–Crippen MR) is 90.3 cm³/mol. The summed E-state index contributed by atoms with van der Waals surface area (Å²) >= 11 is 0. The maximum absolute atomic E-state index is 11.8. The molecule has 0 spiro atoms. The van der Waals surface area contributed by atoms with Crippen LogP contribution in [0.5, 0.6) is 0 Å². The fourth-order valence-electron chi connectivity index (χ4n) is 2.43. The van der Waals surface area contributed by atoms with Crippen molar-refractivity contribution < 1.29 is 9.90 Å². The van der Waals surface area contributed by atoms with Crippen molar-refractivity contribution in [3.63, 3.8) is 0 Å². The first-order valence-corrected chi connectivity index (χ1v) is 7.67. The second-order valence-corrected chi connectivity index (χ2v) is 5.51. The molecule has 0 aliphatic rings. The maximum Gasteiger partial charge on any atom is 0.315 e. The minimum atomic E-state index is -0.771. The van der Waals surface area contributed by atoms with Gasteiger partial charge in [-0.1, -0.05) is 12.1 Å². The van der Waals surface area contributed by atoms with Crippen molar-refractivity contribution in [1.29, 1.82) is 0 Å². The topological polar surface area (TPSA) is 103 Å². The Bertz CT molecular complexity index is 831. The third-order valence-electron chi connectivity index (χ3n) is 3.73. The molecule has 3 rings (SSSR count). The predicted octanol–water partition coefficient (Wildman–Crippen LogP) is 1.80. The van der Waals surface area contributed by atoms with Crippen molar-refractivity contribution >= 4 is 17.1 Å². The van der Waals surface area contributed by atoms with Crippen LogP contribution in [0.1, 0.15) is 23.1 Å². The van der Waals surface area contributed by atoms with E-state index in [0.29, 0.717) is 11.4 Å². The van der Waals surface area contributed by atoms with Gasteiger partial charge < -0.3 is 20.7 Å². The summed E-state index contributed by atoms with van der Waals surface area (Å²) in [5.74, 6) is 0.684. The summed E-state index contributed by atoms with van der Waals surface area (Å²) in [5.41, 5.74) is 3.64. The Morgan fingerprint density at radius 2 is 2.04 bits per heavy atom. The number of rotatable bonds is 5. The fraction of sp³-hybridized carbons (Fsp3) is 0.235. The molecule has 0 aliphatic heterocycles. The number of carbonyl (C=O) groups is 1. The number of aliphatic hydroxyl groups is 1. The van der Waals surface area contributed by atoms with Gasteiger partial charge in [0.15, 0.2) is 0 Å². The molecule has 4 N–H and O–H groups in total. The molecule has 2 heterocycles. The molecule has 0 radical (unpaired) electrons. The number of nitrogens with zero attached hydrogens (tertiary/aromatic N) is 2. The van der Waals surface area contributed by atoms with E-state index in [-0.39, 0.29) is 19.1 Å². The summed E-state index contributed by atoms with van der Waals surface area (Å²) in [7, 11) is 0. The Kier molecular flexibility index (Phi) is 4.72. The van der Waals surface area contributed by atoms with E-state index >= 15 is 0 Å². The van der Waals surface area contributed by atoms with Gasteiger partial charge in [0, 0.05) is 18.9 Å². The first-order valence-electron chi connectivity index (χ1n) is 7.67. The van der Waals surface area contributed by atoms with Crippen molar-refractivity contribution in [2.24, 2.45) is 0 Å². The molecule has 0 fully saturated rings. The highest BCUT2D eigenvalue weighted by Gasteiger charge is 2.10. The highest BCUT2D eigenvalue weighted by Crippen LogP contribution is 2.15. The number of hydrogen-bond acceptors (Lipinski definition) is 4. The molecule has 1 unspecified atom stereocenters. The van der Waals surface area contributed by atoms with Crippen molar-refractivity contribution in [1.82, 2.24) is 25.6 Å². The van der Waals surface area contributed by atoms with E-state index in [0.717, 1.165) is 16.6 Å². The highest BCUT2D eigenvalue weighted by atomic mass is 16.3. The van der Waals surface area contributed by atoms with Crippen molar-refractivity contribution in [2.75, 3.05) is 6.54 Å². The number of nitrogens with one attached hydrogen (secondary N) is 3. The lowest BCUT2D eigenvalue weighted by Gasteiger charge is -2.12.